The molecular formula is C36H58N3O3+. The summed E-state index contributed by atoms with van der Waals surface area (Å²) in [5.74, 6) is 0.499. The summed E-state index contributed by atoms with van der Waals surface area (Å²) in [5, 5.41) is 24.5. The molecule has 0 spiro atoms. The number of fused-ring (bicyclic) bond motifs is 1. The molecule has 0 saturated heterocycles. The van der Waals surface area contributed by atoms with Gasteiger partial charge in [0.1, 0.15) is 23.9 Å². The third-order valence-corrected chi connectivity index (χ3v) is 8.38. The predicted octanol–water partition coefficient (Wildman–Crippen LogP) is 9.31. The summed E-state index contributed by atoms with van der Waals surface area (Å²) in [7, 11) is 4.42. The molecule has 6 heteroatoms. The molecule has 0 aliphatic heterocycles. The van der Waals surface area contributed by atoms with Crippen LogP contribution in [-0.2, 0) is 0 Å². The van der Waals surface area contributed by atoms with Gasteiger partial charge in [-0.25, -0.2) is 4.98 Å². The fourth-order valence-corrected chi connectivity index (χ4v) is 5.85. The first-order chi connectivity index (χ1) is 20.4. The molecule has 3 rings (SSSR count). The Balaban J connectivity index is 1.23. The molecule has 3 N–H and O–H groups in total. The van der Waals surface area contributed by atoms with Gasteiger partial charge in [-0.2, -0.15) is 0 Å². The standard InChI is InChI=1S/C36H57N3O3/c1-4-5-6-7-8-9-10-11-12-13-14-15-16-17-18-21-26-39(2,3)29-31(40)28-37-30-24-25-34(41)32(27-30)36-38-33-22-19-20-23-35(33)42-36/h19-20,22-25,27,31,37,40H,4-18,21,26,28-29H2,1-3H3/p+1. The topological polar surface area (TPSA) is 78.5 Å². The van der Waals surface area contributed by atoms with Crippen molar-refractivity contribution in [2.24, 2.45) is 0 Å². The van der Waals surface area contributed by atoms with Crippen LogP contribution in [0.3, 0.4) is 0 Å². The van der Waals surface area contributed by atoms with Gasteiger partial charge in [-0.1, -0.05) is 109 Å². The van der Waals surface area contributed by atoms with E-state index >= 15 is 0 Å². The Kier molecular flexibility index (Phi) is 15.2. The Hall–Kier alpha value is -2.57. The molecule has 42 heavy (non-hydrogen) atoms. The fourth-order valence-electron chi connectivity index (χ4n) is 5.85. The van der Waals surface area contributed by atoms with Crippen LogP contribution in [0.15, 0.2) is 46.9 Å². The van der Waals surface area contributed by atoms with Crippen LogP contribution in [0.2, 0.25) is 0 Å². The molecule has 3 aromatic rings. The van der Waals surface area contributed by atoms with Gasteiger partial charge in [-0.3, -0.25) is 0 Å². The molecule has 0 aliphatic rings. The summed E-state index contributed by atoms with van der Waals surface area (Å²) in [6.07, 6.45) is 21.7. The van der Waals surface area contributed by atoms with Crippen LogP contribution in [0.1, 0.15) is 110 Å². The van der Waals surface area contributed by atoms with Crippen molar-refractivity contribution in [1.29, 1.82) is 0 Å². The predicted molar refractivity (Wildman–Crippen MR) is 177 cm³/mol. The van der Waals surface area contributed by atoms with Gasteiger partial charge in [-0.05, 0) is 43.2 Å². The van der Waals surface area contributed by atoms with Crippen molar-refractivity contribution in [2.45, 2.75) is 116 Å². The fraction of sp³-hybridized carbons (Fsp3) is 0.639. The molecule has 1 aromatic heterocycles. The first kappa shape index (κ1) is 33.9. The summed E-state index contributed by atoms with van der Waals surface area (Å²) in [5.41, 5.74) is 2.78. The first-order valence-electron chi connectivity index (χ1n) is 16.8. The number of likely N-dealkylation sites (N-methyl/N-ethyl adjacent to an activating group) is 1. The summed E-state index contributed by atoms with van der Waals surface area (Å²) in [6.45, 7) is 4.50. The SMILES string of the molecule is CCCCCCCCCCCCCCCCCC[N+](C)(C)CC(O)CNc1ccc(O)c(-c2nc3ccccc3o2)c1. The number of aromatic hydroxyl groups is 1. The van der Waals surface area contributed by atoms with Crippen molar-refractivity contribution >= 4 is 16.8 Å². The van der Waals surface area contributed by atoms with Gasteiger partial charge in [0.15, 0.2) is 5.58 Å². The second kappa shape index (κ2) is 18.9. The highest BCUT2D eigenvalue weighted by Gasteiger charge is 2.20. The number of hydrogen-bond donors (Lipinski definition) is 3. The van der Waals surface area contributed by atoms with Crippen LogP contribution in [-0.4, -0.2) is 59.5 Å². The minimum absolute atomic E-state index is 0.115. The molecule has 1 unspecified atom stereocenters. The summed E-state index contributed by atoms with van der Waals surface area (Å²) >= 11 is 0. The molecule has 234 valence electrons. The van der Waals surface area contributed by atoms with Crippen molar-refractivity contribution in [3.05, 3.63) is 42.5 Å². The van der Waals surface area contributed by atoms with Gasteiger partial charge in [-0.15, -0.1) is 0 Å². The lowest BCUT2D eigenvalue weighted by atomic mass is 10.0. The van der Waals surface area contributed by atoms with E-state index < -0.39 is 6.10 Å². The quantitative estimate of drug-likeness (QED) is 0.0592. The van der Waals surface area contributed by atoms with E-state index in [0.717, 1.165) is 22.2 Å². The number of para-hydroxylation sites is 2. The van der Waals surface area contributed by atoms with Crippen molar-refractivity contribution in [2.75, 3.05) is 39.0 Å². The number of phenols is 1. The summed E-state index contributed by atoms with van der Waals surface area (Å²) in [6, 6.07) is 12.8. The highest BCUT2D eigenvalue weighted by molar-refractivity contribution is 5.78. The number of anilines is 1. The van der Waals surface area contributed by atoms with E-state index in [1.807, 2.05) is 36.4 Å². The number of hydrogen-bond acceptors (Lipinski definition) is 5. The number of aliphatic hydroxyl groups is 1. The smallest absolute Gasteiger partial charge is 0.231 e. The normalized spacial score (nSPS) is 12.7. The molecule has 0 saturated carbocycles. The number of oxazole rings is 1. The summed E-state index contributed by atoms with van der Waals surface area (Å²) < 4.78 is 6.65. The molecular weight excluding hydrogens is 522 g/mol. The van der Waals surface area contributed by atoms with E-state index in [9.17, 15) is 10.2 Å². The monoisotopic (exact) mass is 580 g/mol. The number of nitrogens with one attached hydrogen (secondary N) is 1. The highest BCUT2D eigenvalue weighted by atomic mass is 16.3. The zero-order valence-electron chi connectivity index (χ0n) is 26.8. The van der Waals surface area contributed by atoms with Crippen LogP contribution in [0.4, 0.5) is 5.69 Å². The number of phenolic OH excluding ortho intramolecular Hbond substituents is 1. The van der Waals surface area contributed by atoms with E-state index in [4.69, 9.17) is 4.42 Å². The highest BCUT2D eigenvalue weighted by Crippen LogP contribution is 2.33. The lowest BCUT2D eigenvalue weighted by Crippen LogP contribution is -2.47. The molecule has 2 aromatic carbocycles. The van der Waals surface area contributed by atoms with Gasteiger partial charge in [0.2, 0.25) is 5.89 Å². The number of nitrogens with zero attached hydrogens (tertiary/aromatic N) is 2. The molecule has 0 amide bonds. The van der Waals surface area contributed by atoms with Gasteiger partial charge in [0.25, 0.3) is 0 Å². The van der Waals surface area contributed by atoms with Crippen molar-refractivity contribution in [1.82, 2.24) is 4.98 Å². The minimum atomic E-state index is -0.470. The van der Waals surface area contributed by atoms with Crippen molar-refractivity contribution < 1.29 is 19.1 Å². The summed E-state index contributed by atoms with van der Waals surface area (Å²) in [4.78, 5) is 4.50. The molecule has 0 aliphatic carbocycles. The first-order valence-corrected chi connectivity index (χ1v) is 16.8. The zero-order chi connectivity index (χ0) is 30.0. The van der Waals surface area contributed by atoms with Gasteiger partial charge in [0, 0.05) is 12.2 Å². The Bertz CT molecular complexity index is 1110. The van der Waals surface area contributed by atoms with Crippen LogP contribution in [0.25, 0.3) is 22.6 Å². The molecule has 0 radical (unpaired) electrons. The number of quaternary nitrogens is 1. The van der Waals surface area contributed by atoms with E-state index in [0.29, 0.717) is 30.1 Å². The number of unbranched alkanes of at least 4 members (excludes halogenated alkanes) is 15. The van der Waals surface area contributed by atoms with Gasteiger partial charge >= 0.3 is 0 Å². The van der Waals surface area contributed by atoms with Crippen molar-refractivity contribution in [3.63, 3.8) is 0 Å². The molecule has 0 fully saturated rings. The number of benzene rings is 2. The van der Waals surface area contributed by atoms with Crippen LogP contribution < -0.4 is 5.32 Å². The van der Waals surface area contributed by atoms with E-state index in [1.165, 1.54) is 103 Å². The van der Waals surface area contributed by atoms with Crippen LogP contribution in [0.5, 0.6) is 5.75 Å². The second-order valence-electron chi connectivity index (χ2n) is 12.9. The van der Waals surface area contributed by atoms with Crippen molar-refractivity contribution in [3.8, 4) is 17.2 Å². The number of aromatic nitrogens is 1. The lowest BCUT2D eigenvalue weighted by Gasteiger charge is -2.32. The Morgan fingerprint density at radius 2 is 1.36 bits per heavy atom. The van der Waals surface area contributed by atoms with E-state index in [2.05, 4.69) is 31.3 Å². The van der Waals surface area contributed by atoms with Gasteiger partial charge in [0.05, 0.1) is 26.2 Å². The third-order valence-electron chi connectivity index (χ3n) is 8.38. The number of aliphatic hydroxyl groups excluding tert-OH is 1. The van der Waals surface area contributed by atoms with Crippen LogP contribution in [0, 0.1) is 0 Å². The minimum Gasteiger partial charge on any atom is -0.507 e. The molecule has 1 atom stereocenters. The van der Waals surface area contributed by atoms with Crippen LogP contribution >= 0.6 is 0 Å². The number of rotatable bonds is 23. The van der Waals surface area contributed by atoms with Gasteiger partial charge < -0.3 is 24.4 Å². The maximum absolute atomic E-state index is 10.8. The Morgan fingerprint density at radius 1 is 0.786 bits per heavy atom. The Labute approximate surface area is 255 Å². The Morgan fingerprint density at radius 3 is 1.95 bits per heavy atom. The zero-order valence-corrected chi connectivity index (χ0v) is 26.8. The molecule has 1 heterocycles. The second-order valence-corrected chi connectivity index (χ2v) is 12.9. The average molecular weight is 581 g/mol. The maximum Gasteiger partial charge on any atom is 0.231 e. The van der Waals surface area contributed by atoms with E-state index in [-0.39, 0.29) is 5.75 Å². The largest absolute Gasteiger partial charge is 0.507 e. The lowest BCUT2D eigenvalue weighted by molar-refractivity contribution is -0.893. The van der Waals surface area contributed by atoms with E-state index in [1.54, 1.807) is 6.07 Å². The molecule has 6 nitrogen and oxygen atoms in total. The molecule has 0 bridgehead atoms. The third kappa shape index (κ3) is 12.7. The average Bonchev–Trinajstić information content (AvgIpc) is 3.40. The maximum atomic E-state index is 10.8.